The first-order chi connectivity index (χ1) is 16.7. The van der Waals surface area contributed by atoms with E-state index in [1.54, 1.807) is 6.07 Å². The van der Waals surface area contributed by atoms with Gasteiger partial charge in [-0.25, -0.2) is 4.79 Å². The van der Waals surface area contributed by atoms with Crippen LogP contribution in [0, 0.1) is 0 Å². The van der Waals surface area contributed by atoms with E-state index in [2.05, 4.69) is 5.32 Å². The average molecular weight is 495 g/mol. The van der Waals surface area contributed by atoms with E-state index in [0.717, 1.165) is 12.1 Å². The van der Waals surface area contributed by atoms with Crippen molar-refractivity contribution in [3.63, 3.8) is 0 Å². The van der Waals surface area contributed by atoms with Crippen LogP contribution < -0.4 is 10.2 Å². The summed E-state index contributed by atoms with van der Waals surface area (Å²) in [6, 6.07) is 5.26. The standard InChI is InChI=1S/C23H24F3N3O6/c24-23(25,26)15-5-6-17(28-8-11-33-12-9-28)16(13-15)27-20(30)14-35-22(32)18-3-1-7-29(18)21(31)19-4-2-10-34-19/h2,4-6,10,13,18H,1,3,7-9,11-12,14H2,(H,27,30)/t18-/m0/s1. The number of hydrogen-bond acceptors (Lipinski definition) is 7. The highest BCUT2D eigenvalue weighted by molar-refractivity contribution is 5.97. The van der Waals surface area contributed by atoms with Crippen molar-refractivity contribution in [2.75, 3.05) is 49.7 Å². The van der Waals surface area contributed by atoms with Crippen LogP contribution in [0.3, 0.4) is 0 Å². The number of morpholine rings is 1. The number of likely N-dealkylation sites (tertiary alicyclic amines) is 1. The number of anilines is 2. The average Bonchev–Trinajstić information content (AvgIpc) is 3.55. The van der Waals surface area contributed by atoms with Crippen LogP contribution in [0.1, 0.15) is 29.0 Å². The lowest BCUT2D eigenvalue weighted by atomic mass is 10.1. The molecule has 35 heavy (non-hydrogen) atoms. The van der Waals surface area contributed by atoms with Crippen LogP contribution in [0.2, 0.25) is 0 Å². The zero-order valence-corrected chi connectivity index (χ0v) is 18.7. The molecule has 3 heterocycles. The number of hydrogen-bond donors (Lipinski definition) is 1. The predicted octanol–water partition coefficient (Wildman–Crippen LogP) is 2.92. The zero-order valence-electron chi connectivity index (χ0n) is 18.7. The van der Waals surface area contributed by atoms with Gasteiger partial charge in [-0.2, -0.15) is 13.2 Å². The SMILES string of the molecule is O=C(COC(=O)[C@@H]1CCCN1C(=O)c1ccco1)Nc1cc(C(F)(F)F)ccc1N1CCOCC1. The Morgan fingerprint density at radius 2 is 1.89 bits per heavy atom. The van der Waals surface area contributed by atoms with Crippen LogP contribution in [0.25, 0.3) is 0 Å². The van der Waals surface area contributed by atoms with Gasteiger partial charge in [0.25, 0.3) is 11.8 Å². The highest BCUT2D eigenvalue weighted by Gasteiger charge is 2.37. The quantitative estimate of drug-likeness (QED) is 0.615. The molecular formula is C23H24F3N3O6. The van der Waals surface area contributed by atoms with E-state index in [1.807, 2.05) is 4.90 Å². The number of alkyl halides is 3. The number of nitrogens with zero attached hydrogens (tertiary/aromatic N) is 2. The molecule has 2 aliphatic heterocycles. The smallest absolute Gasteiger partial charge is 0.416 e. The van der Waals surface area contributed by atoms with E-state index >= 15 is 0 Å². The van der Waals surface area contributed by atoms with Crippen molar-refractivity contribution in [3.05, 3.63) is 47.9 Å². The Morgan fingerprint density at radius 3 is 2.57 bits per heavy atom. The molecule has 1 aromatic carbocycles. The fraction of sp³-hybridized carbons (Fsp3) is 0.435. The molecule has 1 N–H and O–H groups in total. The molecule has 0 unspecified atom stereocenters. The fourth-order valence-corrected chi connectivity index (χ4v) is 4.11. The Bertz CT molecular complexity index is 1070. The number of carbonyl (C=O) groups is 3. The van der Waals surface area contributed by atoms with Gasteiger partial charge in [0.2, 0.25) is 0 Å². The molecule has 2 aliphatic rings. The van der Waals surface area contributed by atoms with Gasteiger partial charge < -0.3 is 29.0 Å². The number of furan rings is 1. The van der Waals surface area contributed by atoms with Gasteiger partial charge >= 0.3 is 12.1 Å². The first-order valence-electron chi connectivity index (χ1n) is 11.1. The van der Waals surface area contributed by atoms with Crippen LogP contribution in [-0.4, -0.2) is 68.2 Å². The van der Waals surface area contributed by atoms with Crippen molar-refractivity contribution in [2.45, 2.75) is 25.1 Å². The van der Waals surface area contributed by atoms with Gasteiger partial charge in [-0.1, -0.05) is 0 Å². The lowest BCUT2D eigenvalue weighted by Crippen LogP contribution is -2.42. The summed E-state index contributed by atoms with van der Waals surface area (Å²) in [5, 5.41) is 2.43. The monoisotopic (exact) mass is 495 g/mol. The molecular weight excluding hydrogens is 471 g/mol. The molecule has 1 atom stereocenters. The first-order valence-corrected chi connectivity index (χ1v) is 11.1. The van der Waals surface area contributed by atoms with E-state index in [9.17, 15) is 27.6 Å². The number of rotatable bonds is 6. The van der Waals surface area contributed by atoms with E-state index < -0.39 is 42.2 Å². The second-order valence-electron chi connectivity index (χ2n) is 8.12. The number of halogens is 3. The molecule has 2 aromatic rings. The van der Waals surface area contributed by atoms with Crippen LogP contribution >= 0.6 is 0 Å². The second-order valence-corrected chi connectivity index (χ2v) is 8.12. The van der Waals surface area contributed by atoms with Crippen molar-refractivity contribution in [2.24, 2.45) is 0 Å². The molecule has 188 valence electrons. The number of amides is 2. The third-order valence-electron chi connectivity index (χ3n) is 5.81. The van der Waals surface area contributed by atoms with Crippen molar-refractivity contribution >= 4 is 29.2 Å². The van der Waals surface area contributed by atoms with Crippen molar-refractivity contribution < 1.29 is 41.4 Å². The van der Waals surface area contributed by atoms with Crippen molar-refractivity contribution in [1.29, 1.82) is 0 Å². The minimum atomic E-state index is -4.60. The number of nitrogens with one attached hydrogen (secondary N) is 1. The molecule has 9 nitrogen and oxygen atoms in total. The maximum Gasteiger partial charge on any atom is 0.416 e. The molecule has 0 radical (unpaired) electrons. The minimum absolute atomic E-state index is 0.0433. The summed E-state index contributed by atoms with van der Waals surface area (Å²) in [7, 11) is 0. The van der Waals surface area contributed by atoms with Gasteiger partial charge in [0.05, 0.1) is 36.4 Å². The lowest BCUT2D eigenvalue weighted by molar-refractivity contribution is -0.151. The molecule has 0 spiro atoms. The molecule has 2 amide bonds. The van der Waals surface area contributed by atoms with E-state index in [-0.39, 0.29) is 11.4 Å². The third-order valence-corrected chi connectivity index (χ3v) is 5.81. The van der Waals surface area contributed by atoms with Gasteiger partial charge in [-0.15, -0.1) is 0 Å². The normalized spacial score (nSPS) is 18.4. The van der Waals surface area contributed by atoms with Gasteiger partial charge in [0.15, 0.2) is 12.4 Å². The zero-order chi connectivity index (χ0) is 25.0. The van der Waals surface area contributed by atoms with Crippen LogP contribution in [0.5, 0.6) is 0 Å². The molecule has 0 bridgehead atoms. The number of benzene rings is 1. The second kappa shape index (κ2) is 10.4. The van der Waals surface area contributed by atoms with Gasteiger partial charge in [-0.05, 0) is 43.2 Å². The maximum absolute atomic E-state index is 13.3. The number of esters is 1. The molecule has 2 fully saturated rings. The fourth-order valence-electron chi connectivity index (χ4n) is 4.11. The van der Waals surface area contributed by atoms with E-state index in [1.165, 1.54) is 23.3 Å². The molecule has 4 rings (SSSR count). The summed E-state index contributed by atoms with van der Waals surface area (Å²) in [4.78, 5) is 40.8. The molecule has 0 saturated carbocycles. The largest absolute Gasteiger partial charge is 0.459 e. The molecule has 0 aliphatic carbocycles. The van der Waals surface area contributed by atoms with Crippen LogP contribution in [0.4, 0.5) is 24.5 Å². The van der Waals surface area contributed by atoms with E-state index in [4.69, 9.17) is 13.9 Å². The minimum Gasteiger partial charge on any atom is -0.459 e. The van der Waals surface area contributed by atoms with Crippen LogP contribution in [0.15, 0.2) is 41.0 Å². The van der Waals surface area contributed by atoms with Crippen LogP contribution in [-0.2, 0) is 25.2 Å². The van der Waals surface area contributed by atoms with Gasteiger partial charge in [-0.3, -0.25) is 9.59 Å². The Hall–Kier alpha value is -3.54. The van der Waals surface area contributed by atoms with Gasteiger partial charge in [0, 0.05) is 19.6 Å². The third kappa shape index (κ3) is 5.76. The summed E-state index contributed by atoms with van der Waals surface area (Å²) in [5.41, 5.74) is -0.551. The number of carbonyl (C=O) groups excluding carboxylic acids is 3. The molecule has 12 heteroatoms. The topological polar surface area (TPSA) is 101 Å². The van der Waals surface area contributed by atoms with Gasteiger partial charge in [0.1, 0.15) is 6.04 Å². The summed E-state index contributed by atoms with van der Waals surface area (Å²) in [6.45, 7) is 1.33. The molecule has 2 saturated heterocycles. The summed E-state index contributed by atoms with van der Waals surface area (Å²) >= 11 is 0. The Kier molecular flexibility index (Phi) is 7.29. The molecule has 1 aromatic heterocycles. The van der Waals surface area contributed by atoms with Crippen molar-refractivity contribution in [1.82, 2.24) is 4.90 Å². The Balaban J connectivity index is 1.41. The van der Waals surface area contributed by atoms with Crippen molar-refractivity contribution in [3.8, 4) is 0 Å². The Morgan fingerprint density at radius 1 is 1.11 bits per heavy atom. The van der Waals surface area contributed by atoms with E-state index in [0.29, 0.717) is 51.4 Å². The maximum atomic E-state index is 13.3. The summed E-state index contributed by atoms with van der Waals surface area (Å²) < 4.78 is 55.3. The predicted molar refractivity (Wildman–Crippen MR) is 117 cm³/mol. The summed E-state index contributed by atoms with van der Waals surface area (Å²) in [6.07, 6.45) is -2.31. The highest BCUT2D eigenvalue weighted by Crippen LogP contribution is 2.35. The summed E-state index contributed by atoms with van der Waals surface area (Å²) in [5.74, 6) is -1.94. The number of ether oxygens (including phenoxy) is 2. The lowest BCUT2D eigenvalue weighted by Gasteiger charge is -2.31. The highest BCUT2D eigenvalue weighted by atomic mass is 19.4. The first kappa shape index (κ1) is 24.6. The Labute approximate surface area is 198 Å².